The molecule has 0 saturated carbocycles. The second-order valence-electron chi connectivity index (χ2n) is 5.99. The minimum Gasteiger partial charge on any atom is -0.489 e. The zero-order valence-corrected chi connectivity index (χ0v) is 14.5. The number of H-pyrrole nitrogens is 1. The first-order valence-corrected chi connectivity index (χ1v) is 8.35. The molecule has 0 spiro atoms. The molecule has 0 aliphatic carbocycles. The van der Waals surface area contributed by atoms with Gasteiger partial charge in [-0.2, -0.15) is 0 Å². The highest BCUT2D eigenvalue weighted by Gasteiger charge is 2.09. The van der Waals surface area contributed by atoms with Gasteiger partial charge in [0.25, 0.3) is 11.5 Å². The molecular formula is C21H20N2O3. The number of rotatable bonds is 6. The number of ether oxygens (including phenoxy) is 1. The van der Waals surface area contributed by atoms with Crippen LogP contribution in [0.25, 0.3) is 0 Å². The van der Waals surface area contributed by atoms with Crippen LogP contribution in [0.1, 0.15) is 27.2 Å². The van der Waals surface area contributed by atoms with Crippen LogP contribution < -0.4 is 15.6 Å². The minimum atomic E-state index is -0.393. The SMILES string of the molecule is Cc1ccc(C(=O)NCc2ccc(OCc3ccccc3)cc2)c(=O)[nH]1. The first kappa shape index (κ1) is 17.5. The number of aryl methyl sites for hydroxylation is 1. The smallest absolute Gasteiger partial charge is 0.260 e. The third-order valence-electron chi connectivity index (χ3n) is 3.92. The molecule has 0 fully saturated rings. The van der Waals surface area contributed by atoms with Crippen molar-refractivity contribution < 1.29 is 9.53 Å². The molecule has 26 heavy (non-hydrogen) atoms. The van der Waals surface area contributed by atoms with Gasteiger partial charge in [0.1, 0.15) is 17.9 Å². The van der Waals surface area contributed by atoms with Crippen LogP contribution in [0.3, 0.4) is 0 Å². The summed E-state index contributed by atoms with van der Waals surface area (Å²) in [6.07, 6.45) is 0. The molecule has 0 saturated heterocycles. The van der Waals surface area contributed by atoms with Crippen LogP contribution in [0.2, 0.25) is 0 Å². The molecule has 2 N–H and O–H groups in total. The molecule has 132 valence electrons. The Bertz CT molecular complexity index is 931. The number of carbonyl (C=O) groups excluding carboxylic acids is 1. The van der Waals surface area contributed by atoms with Crippen LogP contribution in [0.15, 0.2) is 71.5 Å². The maximum atomic E-state index is 12.1. The predicted octanol–water partition coefficient (Wildman–Crippen LogP) is 3.19. The third kappa shape index (κ3) is 4.60. The standard InChI is InChI=1S/C21H20N2O3/c1-15-7-12-19(21(25)23-15)20(24)22-13-16-8-10-18(11-9-16)26-14-17-5-3-2-4-6-17/h2-12H,13-14H2,1H3,(H,22,24)(H,23,25). The van der Waals surface area contributed by atoms with E-state index in [-0.39, 0.29) is 11.1 Å². The lowest BCUT2D eigenvalue weighted by atomic mass is 10.2. The summed E-state index contributed by atoms with van der Waals surface area (Å²) in [5, 5.41) is 2.75. The van der Waals surface area contributed by atoms with Gasteiger partial charge in [0.15, 0.2) is 0 Å². The van der Waals surface area contributed by atoms with E-state index in [1.807, 2.05) is 54.6 Å². The van der Waals surface area contributed by atoms with Crippen LogP contribution in [-0.2, 0) is 13.2 Å². The lowest BCUT2D eigenvalue weighted by molar-refractivity contribution is 0.0949. The zero-order valence-electron chi connectivity index (χ0n) is 14.5. The van der Waals surface area contributed by atoms with Crippen molar-refractivity contribution in [2.45, 2.75) is 20.1 Å². The van der Waals surface area contributed by atoms with Gasteiger partial charge in [-0.1, -0.05) is 42.5 Å². The van der Waals surface area contributed by atoms with E-state index in [1.54, 1.807) is 13.0 Å². The maximum Gasteiger partial charge on any atom is 0.260 e. The number of aromatic amines is 1. The Balaban J connectivity index is 1.54. The number of pyridine rings is 1. The molecule has 3 aromatic rings. The number of nitrogens with one attached hydrogen (secondary N) is 2. The summed E-state index contributed by atoms with van der Waals surface area (Å²) in [4.78, 5) is 26.5. The molecule has 3 rings (SSSR count). The van der Waals surface area contributed by atoms with Crippen molar-refractivity contribution in [3.05, 3.63) is 99.5 Å². The molecule has 0 unspecified atom stereocenters. The average molecular weight is 348 g/mol. The monoisotopic (exact) mass is 348 g/mol. The van der Waals surface area contributed by atoms with Gasteiger partial charge in [-0.25, -0.2) is 0 Å². The third-order valence-corrected chi connectivity index (χ3v) is 3.92. The number of benzene rings is 2. The molecule has 1 aromatic heterocycles. The van der Waals surface area contributed by atoms with Crippen molar-refractivity contribution in [3.63, 3.8) is 0 Å². The van der Waals surface area contributed by atoms with Gasteiger partial charge >= 0.3 is 0 Å². The Kier molecular flexibility index (Phi) is 5.49. The van der Waals surface area contributed by atoms with Crippen LogP contribution in [0, 0.1) is 6.92 Å². The highest BCUT2D eigenvalue weighted by atomic mass is 16.5. The first-order valence-electron chi connectivity index (χ1n) is 8.35. The van der Waals surface area contributed by atoms with E-state index in [9.17, 15) is 9.59 Å². The average Bonchev–Trinajstić information content (AvgIpc) is 2.66. The molecular weight excluding hydrogens is 328 g/mol. The van der Waals surface area contributed by atoms with E-state index in [0.717, 1.165) is 22.6 Å². The summed E-state index contributed by atoms with van der Waals surface area (Å²) in [6, 6.07) is 20.7. The van der Waals surface area contributed by atoms with Crippen molar-refractivity contribution in [2.75, 3.05) is 0 Å². The van der Waals surface area contributed by atoms with Gasteiger partial charge in [-0.05, 0) is 42.3 Å². The molecule has 1 amide bonds. The summed E-state index contributed by atoms with van der Waals surface area (Å²) < 4.78 is 5.74. The number of hydrogen-bond donors (Lipinski definition) is 2. The van der Waals surface area contributed by atoms with Gasteiger partial charge in [0.05, 0.1) is 0 Å². The molecule has 0 bridgehead atoms. The van der Waals surface area contributed by atoms with E-state index in [0.29, 0.717) is 13.2 Å². The molecule has 5 heteroatoms. The summed E-state index contributed by atoms with van der Waals surface area (Å²) in [6.45, 7) is 2.61. The van der Waals surface area contributed by atoms with Crippen LogP contribution in [0.5, 0.6) is 5.75 Å². The zero-order chi connectivity index (χ0) is 18.4. The number of aromatic nitrogens is 1. The molecule has 1 heterocycles. The summed E-state index contributed by atoms with van der Waals surface area (Å²) >= 11 is 0. The Hall–Kier alpha value is -3.34. The molecule has 0 aliphatic rings. The van der Waals surface area contributed by atoms with Crippen LogP contribution in [0.4, 0.5) is 0 Å². The van der Waals surface area contributed by atoms with Gasteiger partial charge in [-0.3, -0.25) is 9.59 Å². The quantitative estimate of drug-likeness (QED) is 0.719. The fraction of sp³-hybridized carbons (Fsp3) is 0.143. The Morgan fingerprint density at radius 1 is 0.962 bits per heavy atom. The van der Waals surface area contributed by atoms with Gasteiger partial charge in [-0.15, -0.1) is 0 Å². The maximum absolute atomic E-state index is 12.1. The van der Waals surface area contributed by atoms with Crippen molar-refractivity contribution >= 4 is 5.91 Å². The molecule has 2 aromatic carbocycles. The van der Waals surface area contributed by atoms with Gasteiger partial charge in [0, 0.05) is 12.2 Å². The van der Waals surface area contributed by atoms with Crippen LogP contribution >= 0.6 is 0 Å². The highest BCUT2D eigenvalue weighted by molar-refractivity contribution is 5.93. The molecule has 0 atom stereocenters. The predicted molar refractivity (Wildman–Crippen MR) is 100 cm³/mol. The number of amides is 1. The topological polar surface area (TPSA) is 71.2 Å². The molecule has 5 nitrogen and oxygen atoms in total. The van der Waals surface area contributed by atoms with E-state index in [4.69, 9.17) is 4.74 Å². The second-order valence-corrected chi connectivity index (χ2v) is 5.99. The molecule has 0 radical (unpaired) electrons. The summed E-state index contributed by atoms with van der Waals surface area (Å²) in [5.41, 5.74) is 2.48. The number of hydrogen-bond acceptors (Lipinski definition) is 3. The van der Waals surface area contributed by atoms with E-state index >= 15 is 0 Å². The van der Waals surface area contributed by atoms with E-state index in [1.165, 1.54) is 6.07 Å². The molecule has 0 aliphatic heterocycles. The van der Waals surface area contributed by atoms with Crippen molar-refractivity contribution in [3.8, 4) is 5.75 Å². The minimum absolute atomic E-state index is 0.110. The second kappa shape index (κ2) is 8.16. The normalized spacial score (nSPS) is 10.3. The van der Waals surface area contributed by atoms with Crippen molar-refractivity contribution in [1.82, 2.24) is 10.3 Å². The van der Waals surface area contributed by atoms with E-state index < -0.39 is 5.91 Å². The number of carbonyl (C=O) groups is 1. The van der Waals surface area contributed by atoms with Crippen molar-refractivity contribution in [1.29, 1.82) is 0 Å². The van der Waals surface area contributed by atoms with E-state index in [2.05, 4.69) is 10.3 Å². The lowest BCUT2D eigenvalue weighted by Crippen LogP contribution is -2.29. The Labute approximate surface area is 151 Å². The fourth-order valence-corrected chi connectivity index (χ4v) is 2.47. The fourth-order valence-electron chi connectivity index (χ4n) is 2.47. The summed E-state index contributed by atoms with van der Waals surface area (Å²) in [5.74, 6) is 0.370. The Morgan fingerprint density at radius 2 is 1.69 bits per heavy atom. The first-order chi connectivity index (χ1) is 12.6. The van der Waals surface area contributed by atoms with Gasteiger partial charge < -0.3 is 15.0 Å². The van der Waals surface area contributed by atoms with Crippen molar-refractivity contribution in [2.24, 2.45) is 0 Å². The lowest BCUT2D eigenvalue weighted by Gasteiger charge is -2.08. The highest BCUT2D eigenvalue weighted by Crippen LogP contribution is 2.14. The Morgan fingerprint density at radius 3 is 2.38 bits per heavy atom. The van der Waals surface area contributed by atoms with Gasteiger partial charge in [0.2, 0.25) is 0 Å². The van der Waals surface area contributed by atoms with Crippen LogP contribution in [-0.4, -0.2) is 10.9 Å². The summed E-state index contributed by atoms with van der Waals surface area (Å²) in [7, 11) is 0. The largest absolute Gasteiger partial charge is 0.489 e.